The van der Waals surface area contributed by atoms with E-state index in [0.29, 0.717) is 6.54 Å². The first-order valence-corrected chi connectivity index (χ1v) is 10.4. The third-order valence-electron chi connectivity index (χ3n) is 5.94. The molecule has 5 nitrogen and oxygen atoms in total. The maximum absolute atomic E-state index is 12.4. The molecule has 28 heavy (non-hydrogen) atoms. The van der Waals surface area contributed by atoms with E-state index >= 15 is 0 Å². The van der Waals surface area contributed by atoms with Crippen molar-refractivity contribution < 1.29 is 4.79 Å². The summed E-state index contributed by atoms with van der Waals surface area (Å²) in [6, 6.07) is 16.5. The van der Waals surface area contributed by atoms with Crippen LogP contribution in [-0.2, 0) is 6.42 Å². The van der Waals surface area contributed by atoms with Crippen molar-refractivity contribution in [2.75, 3.05) is 43.4 Å². The highest BCUT2D eigenvalue weighted by molar-refractivity contribution is 5.89. The van der Waals surface area contributed by atoms with E-state index < -0.39 is 0 Å². The van der Waals surface area contributed by atoms with Gasteiger partial charge in [0.25, 0.3) is 0 Å². The minimum absolute atomic E-state index is 0.144. The molecule has 0 bridgehead atoms. The lowest BCUT2D eigenvalue weighted by Crippen LogP contribution is -2.41. The van der Waals surface area contributed by atoms with Crippen molar-refractivity contribution in [1.82, 2.24) is 10.2 Å². The van der Waals surface area contributed by atoms with Crippen LogP contribution in [0.1, 0.15) is 36.4 Å². The number of benzene rings is 2. The summed E-state index contributed by atoms with van der Waals surface area (Å²) in [6.07, 6.45) is 4.88. The van der Waals surface area contributed by atoms with Crippen molar-refractivity contribution in [2.45, 2.75) is 31.7 Å². The molecule has 0 spiro atoms. The van der Waals surface area contributed by atoms with Gasteiger partial charge in [-0.05, 0) is 61.7 Å². The van der Waals surface area contributed by atoms with Crippen LogP contribution >= 0.6 is 0 Å². The predicted molar refractivity (Wildman–Crippen MR) is 115 cm³/mol. The van der Waals surface area contributed by atoms with E-state index in [-0.39, 0.29) is 12.1 Å². The largest absolute Gasteiger partial charge is 0.374 e. The molecule has 148 valence electrons. The standard InChI is InChI=1S/C23H30N4O/c1-26-15-12-19-16-18(10-11-21(19)26)22(27-13-6-3-7-14-27)17-24-23(28)25-20-8-4-2-5-9-20/h2,4-5,8-11,16,22H,3,6-7,12-15,17H2,1H3,(H2,24,25,28)/t22-/m1/s1. The maximum atomic E-state index is 12.4. The molecule has 0 unspecified atom stereocenters. The molecular formula is C23H30N4O. The van der Waals surface area contributed by atoms with E-state index in [1.165, 1.54) is 36.1 Å². The molecule has 2 aromatic carbocycles. The van der Waals surface area contributed by atoms with Crippen LogP contribution in [0.2, 0.25) is 0 Å². The fraction of sp³-hybridized carbons (Fsp3) is 0.435. The topological polar surface area (TPSA) is 47.6 Å². The molecule has 0 aromatic heterocycles. The van der Waals surface area contributed by atoms with Crippen molar-refractivity contribution in [3.05, 3.63) is 59.7 Å². The summed E-state index contributed by atoms with van der Waals surface area (Å²) in [6.45, 7) is 3.91. The molecule has 2 N–H and O–H groups in total. The van der Waals surface area contributed by atoms with Gasteiger partial charge >= 0.3 is 6.03 Å². The lowest BCUT2D eigenvalue weighted by molar-refractivity contribution is 0.161. The molecule has 4 rings (SSSR count). The Labute approximate surface area is 167 Å². The predicted octanol–water partition coefficient (Wildman–Crippen LogP) is 4.03. The number of amides is 2. The van der Waals surface area contributed by atoms with Gasteiger partial charge in [0.15, 0.2) is 0 Å². The smallest absolute Gasteiger partial charge is 0.319 e. The average molecular weight is 379 g/mol. The molecule has 1 atom stereocenters. The van der Waals surface area contributed by atoms with E-state index in [0.717, 1.165) is 31.7 Å². The Morgan fingerprint density at radius 3 is 2.61 bits per heavy atom. The molecule has 2 heterocycles. The molecular weight excluding hydrogens is 348 g/mol. The van der Waals surface area contributed by atoms with Crippen LogP contribution in [0.25, 0.3) is 0 Å². The van der Waals surface area contributed by atoms with E-state index in [1.807, 2.05) is 30.3 Å². The van der Waals surface area contributed by atoms with Gasteiger partial charge < -0.3 is 15.5 Å². The van der Waals surface area contributed by atoms with Crippen LogP contribution in [0.4, 0.5) is 16.2 Å². The summed E-state index contributed by atoms with van der Waals surface area (Å²) in [7, 11) is 2.16. The summed E-state index contributed by atoms with van der Waals surface area (Å²) in [5.74, 6) is 0. The van der Waals surface area contributed by atoms with E-state index in [1.54, 1.807) is 0 Å². The van der Waals surface area contributed by atoms with Crippen LogP contribution in [0.15, 0.2) is 48.5 Å². The van der Waals surface area contributed by atoms with Gasteiger partial charge in [-0.15, -0.1) is 0 Å². The Morgan fingerprint density at radius 2 is 1.82 bits per heavy atom. The number of para-hydroxylation sites is 1. The summed E-state index contributed by atoms with van der Waals surface area (Å²) < 4.78 is 0. The second kappa shape index (κ2) is 8.65. The van der Waals surface area contributed by atoms with Crippen LogP contribution in [0, 0.1) is 0 Å². The molecule has 1 saturated heterocycles. The first-order valence-electron chi connectivity index (χ1n) is 10.4. The minimum Gasteiger partial charge on any atom is -0.374 e. The van der Waals surface area contributed by atoms with Crippen molar-refractivity contribution in [3.8, 4) is 0 Å². The van der Waals surface area contributed by atoms with E-state index in [4.69, 9.17) is 0 Å². The highest BCUT2D eigenvalue weighted by Gasteiger charge is 2.25. The number of urea groups is 1. The monoisotopic (exact) mass is 378 g/mol. The Kier molecular flexibility index (Phi) is 5.81. The summed E-state index contributed by atoms with van der Waals surface area (Å²) in [4.78, 5) is 17.3. The second-order valence-electron chi connectivity index (χ2n) is 7.87. The van der Waals surface area contributed by atoms with Gasteiger partial charge in [0, 0.05) is 31.5 Å². The maximum Gasteiger partial charge on any atom is 0.319 e. The zero-order chi connectivity index (χ0) is 19.3. The Balaban J connectivity index is 1.47. The van der Waals surface area contributed by atoms with Crippen LogP contribution < -0.4 is 15.5 Å². The van der Waals surface area contributed by atoms with Crippen LogP contribution in [0.3, 0.4) is 0 Å². The Morgan fingerprint density at radius 1 is 1.04 bits per heavy atom. The molecule has 1 fully saturated rings. The highest BCUT2D eigenvalue weighted by atomic mass is 16.2. The number of nitrogens with one attached hydrogen (secondary N) is 2. The second-order valence-corrected chi connectivity index (χ2v) is 7.87. The van der Waals surface area contributed by atoms with E-state index in [9.17, 15) is 4.79 Å². The summed E-state index contributed by atoms with van der Waals surface area (Å²) in [5.41, 5.74) is 4.90. The number of anilines is 2. The fourth-order valence-electron chi connectivity index (χ4n) is 4.37. The van der Waals surface area contributed by atoms with Gasteiger partial charge in [-0.1, -0.05) is 36.8 Å². The summed E-state index contributed by atoms with van der Waals surface area (Å²) in [5, 5.41) is 6.03. The Hall–Kier alpha value is -2.53. The highest BCUT2D eigenvalue weighted by Crippen LogP contribution is 2.32. The van der Waals surface area contributed by atoms with Gasteiger partial charge in [-0.3, -0.25) is 4.90 Å². The van der Waals surface area contributed by atoms with E-state index in [2.05, 4.69) is 45.7 Å². The van der Waals surface area contributed by atoms with Crippen LogP contribution in [0.5, 0.6) is 0 Å². The molecule has 2 amide bonds. The number of rotatable bonds is 5. The number of fused-ring (bicyclic) bond motifs is 1. The first kappa shape index (κ1) is 18.8. The number of carbonyl (C=O) groups excluding carboxylic acids is 1. The number of hydrogen-bond donors (Lipinski definition) is 2. The summed E-state index contributed by atoms with van der Waals surface area (Å²) >= 11 is 0. The zero-order valence-electron chi connectivity index (χ0n) is 16.7. The third kappa shape index (κ3) is 4.30. The van der Waals surface area contributed by atoms with Crippen molar-refractivity contribution >= 4 is 17.4 Å². The normalized spacial score (nSPS) is 17.8. The molecule has 0 radical (unpaired) electrons. The molecule has 2 aliphatic heterocycles. The molecule has 2 aliphatic rings. The fourth-order valence-corrected chi connectivity index (χ4v) is 4.37. The van der Waals surface area contributed by atoms with Gasteiger partial charge in [0.05, 0.1) is 6.04 Å². The van der Waals surface area contributed by atoms with Crippen molar-refractivity contribution in [1.29, 1.82) is 0 Å². The van der Waals surface area contributed by atoms with Crippen LogP contribution in [-0.4, -0.2) is 44.2 Å². The number of hydrogen-bond acceptors (Lipinski definition) is 3. The molecule has 5 heteroatoms. The van der Waals surface area contributed by atoms with Gasteiger partial charge in [0.1, 0.15) is 0 Å². The van der Waals surface area contributed by atoms with Gasteiger partial charge in [-0.25, -0.2) is 4.79 Å². The first-order chi connectivity index (χ1) is 13.7. The van der Waals surface area contributed by atoms with Crippen molar-refractivity contribution in [2.24, 2.45) is 0 Å². The average Bonchev–Trinajstić information content (AvgIpc) is 3.10. The number of piperidine rings is 1. The molecule has 0 saturated carbocycles. The quantitative estimate of drug-likeness (QED) is 0.826. The number of carbonyl (C=O) groups is 1. The third-order valence-corrected chi connectivity index (χ3v) is 5.94. The SMILES string of the molecule is CN1CCc2cc([C@@H](CNC(=O)Nc3ccccc3)N3CCCCC3)ccc21. The number of nitrogens with zero attached hydrogens (tertiary/aromatic N) is 2. The Bertz CT molecular complexity index is 802. The number of likely N-dealkylation sites (N-methyl/N-ethyl adjacent to an activating group) is 1. The molecule has 0 aliphatic carbocycles. The number of likely N-dealkylation sites (tertiary alicyclic amines) is 1. The lowest BCUT2D eigenvalue weighted by Gasteiger charge is -2.35. The van der Waals surface area contributed by atoms with Crippen molar-refractivity contribution in [3.63, 3.8) is 0 Å². The molecule has 2 aromatic rings. The minimum atomic E-state index is -0.144. The zero-order valence-corrected chi connectivity index (χ0v) is 16.7. The van der Waals surface area contributed by atoms with Gasteiger partial charge in [-0.2, -0.15) is 0 Å². The van der Waals surface area contributed by atoms with Gasteiger partial charge in [0.2, 0.25) is 0 Å². The lowest BCUT2D eigenvalue weighted by atomic mass is 9.98.